The highest BCUT2D eigenvalue weighted by atomic mass is 35.5. The predicted octanol–water partition coefficient (Wildman–Crippen LogP) is 2.68. The Hall–Kier alpha value is -2.13. The van der Waals surface area contributed by atoms with Gasteiger partial charge in [-0.15, -0.1) is 12.4 Å². The molecule has 1 heterocycles. The summed E-state index contributed by atoms with van der Waals surface area (Å²) >= 11 is 0. The van der Waals surface area contributed by atoms with Crippen LogP contribution in [0.1, 0.15) is 22.3 Å². The van der Waals surface area contributed by atoms with E-state index in [0.29, 0.717) is 18.7 Å². The van der Waals surface area contributed by atoms with Crippen molar-refractivity contribution in [3.8, 4) is 0 Å². The van der Waals surface area contributed by atoms with E-state index < -0.39 is 33.8 Å². The van der Waals surface area contributed by atoms with Crippen molar-refractivity contribution in [2.45, 2.75) is 12.6 Å². The Morgan fingerprint density at radius 3 is 2.62 bits per heavy atom. The molecule has 0 aromatic heterocycles. The third kappa shape index (κ3) is 4.93. The highest BCUT2D eigenvalue weighted by Crippen LogP contribution is 2.33. The molecular weight excluding hydrogens is 351 g/mol. The van der Waals surface area contributed by atoms with Gasteiger partial charge in [0.2, 0.25) is 0 Å². The molecular formula is C14H15ClF3N3O3. The lowest BCUT2D eigenvalue weighted by molar-refractivity contribution is -0.385. The van der Waals surface area contributed by atoms with Gasteiger partial charge in [0.15, 0.2) is 0 Å². The van der Waals surface area contributed by atoms with E-state index in [1.54, 1.807) is 0 Å². The van der Waals surface area contributed by atoms with Gasteiger partial charge in [-0.2, -0.15) is 13.2 Å². The van der Waals surface area contributed by atoms with E-state index in [9.17, 15) is 28.1 Å². The number of rotatable bonds is 4. The van der Waals surface area contributed by atoms with E-state index in [0.717, 1.165) is 24.6 Å². The number of nitro groups is 1. The van der Waals surface area contributed by atoms with Crippen LogP contribution < -0.4 is 10.6 Å². The number of benzene rings is 1. The first-order valence-electron chi connectivity index (χ1n) is 6.81. The molecule has 0 spiro atoms. The van der Waals surface area contributed by atoms with Gasteiger partial charge < -0.3 is 10.6 Å². The van der Waals surface area contributed by atoms with Crippen LogP contribution in [0, 0.1) is 10.1 Å². The molecule has 6 nitrogen and oxygen atoms in total. The summed E-state index contributed by atoms with van der Waals surface area (Å²) in [7, 11) is 0. The lowest BCUT2D eigenvalue weighted by atomic mass is 10.1. The lowest BCUT2D eigenvalue weighted by Crippen LogP contribution is -2.30. The second-order valence-electron chi connectivity index (χ2n) is 4.99. The van der Waals surface area contributed by atoms with Gasteiger partial charge in [-0.25, -0.2) is 0 Å². The number of carbonyl (C=O) groups is 1. The smallest absolute Gasteiger partial charge is 0.348 e. The van der Waals surface area contributed by atoms with E-state index >= 15 is 0 Å². The molecule has 0 unspecified atom stereocenters. The van der Waals surface area contributed by atoms with E-state index in [4.69, 9.17) is 0 Å². The maximum Gasteiger partial charge on any atom is 0.416 e. The van der Waals surface area contributed by atoms with Crippen molar-refractivity contribution >= 4 is 24.0 Å². The van der Waals surface area contributed by atoms with Gasteiger partial charge in [-0.05, 0) is 25.1 Å². The highest BCUT2D eigenvalue weighted by molar-refractivity contribution is 5.98. The van der Waals surface area contributed by atoms with E-state index in [1.165, 1.54) is 0 Å². The number of nitrogens with one attached hydrogen (secondary N) is 2. The van der Waals surface area contributed by atoms with Crippen LogP contribution in [0.3, 0.4) is 0 Å². The van der Waals surface area contributed by atoms with Gasteiger partial charge in [-0.3, -0.25) is 14.9 Å². The fraction of sp³-hybridized carbons (Fsp3) is 0.357. The Morgan fingerprint density at radius 2 is 2.08 bits per heavy atom. The Bertz CT molecular complexity index is 662. The zero-order valence-corrected chi connectivity index (χ0v) is 13.2. The van der Waals surface area contributed by atoms with Crippen LogP contribution in [-0.4, -0.2) is 30.5 Å². The molecule has 0 fully saturated rings. The number of nitro benzene ring substituents is 1. The molecule has 1 aliphatic rings. The van der Waals surface area contributed by atoms with Crippen LogP contribution in [0.25, 0.3) is 0 Å². The maximum atomic E-state index is 12.6. The molecule has 1 aromatic carbocycles. The predicted molar refractivity (Wildman–Crippen MR) is 83.2 cm³/mol. The number of hydrogen-bond donors (Lipinski definition) is 2. The third-order valence-corrected chi connectivity index (χ3v) is 3.40. The number of hydrogen-bond acceptors (Lipinski definition) is 4. The molecule has 1 amide bonds. The van der Waals surface area contributed by atoms with Gasteiger partial charge in [-0.1, -0.05) is 11.6 Å². The molecule has 0 saturated carbocycles. The summed E-state index contributed by atoms with van der Waals surface area (Å²) in [5, 5.41) is 16.5. The van der Waals surface area contributed by atoms with Gasteiger partial charge in [0.05, 0.1) is 10.5 Å². The number of carbonyl (C=O) groups excluding carboxylic acids is 1. The minimum absolute atomic E-state index is 0. The van der Waals surface area contributed by atoms with Gasteiger partial charge in [0, 0.05) is 19.2 Å². The van der Waals surface area contributed by atoms with Crippen LogP contribution in [-0.2, 0) is 6.18 Å². The molecule has 132 valence electrons. The Kier molecular flexibility index (Phi) is 6.73. The second kappa shape index (κ2) is 8.11. The zero-order chi connectivity index (χ0) is 17.0. The van der Waals surface area contributed by atoms with Crippen LogP contribution in [0.4, 0.5) is 18.9 Å². The van der Waals surface area contributed by atoms with Gasteiger partial charge in [0.25, 0.3) is 11.6 Å². The van der Waals surface area contributed by atoms with E-state index in [1.807, 2.05) is 6.08 Å². The summed E-state index contributed by atoms with van der Waals surface area (Å²) in [5.74, 6) is -0.773. The fourth-order valence-corrected chi connectivity index (χ4v) is 2.17. The van der Waals surface area contributed by atoms with Crippen molar-refractivity contribution in [2.24, 2.45) is 0 Å². The molecule has 1 aliphatic heterocycles. The van der Waals surface area contributed by atoms with Gasteiger partial charge >= 0.3 is 6.18 Å². The SMILES string of the molecule is Cl.O=C(NCC1=CCNCC1)c1ccc(C(F)(F)F)cc1[N+](=O)[O-]. The quantitative estimate of drug-likeness (QED) is 0.488. The van der Waals surface area contributed by atoms with E-state index in [-0.39, 0.29) is 19.0 Å². The average Bonchev–Trinajstić information content (AvgIpc) is 2.52. The normalized spacial score (nSPS) is 14.4. The highest BCUT2D eigenvalue weighted by Gasteiger charge is 2.34. The minimum atomic E-state index is -4.71. The van der Waals surface area contributed by atoms with Crippen LogP contribution in [0.15, 0.2) is 29.8 Å². The van der Waals surface area contributed by atoms with Crippen LogP contribution in [0.2, 0.25) is 0 Å². The lowest BCUT2D eigenvalue weighted by Gasteiger charge is -2.15. The van der Waals surface area contributed by atoms with Crippen LogP contribution in [0.5, 0.6) is 0 Å². The third-order valence-electron chi connectivity index (χ3n) is 3.40. The molecule has 10 heteroatoms. The van der Waals surface area contributed by atoms with E-state index in [2.05, 4.69) is 10.6 Å². The zero-order valence-electron chi connectivity index (χ0n) is 12.4. The number of nitrogens with zero attached hydrogens (tertiary/aromatic N) is 1. The Balaban J connectivity index is 0.00000288. The molecule has 1 aromatic rings. The number of halogens is 4. The van der Waals surface area contributed by atoms with Crippen molar-refractivity contribution in [2.75, 3.05) is 19.6 Å². The van der Waals surface area contributed by atoms with Crippen molar-refractivity contribution in [3.05, 3.63) is 51.1 Å². The molecule has 0 radical (unpaired) electrons. The maximum absolute atomic E-state index is 12.6. The average molecular weight is 366 g/mol. The van der Waals surface area contributed by atoms with Gasteiger partial charge in [0.1, 0.15) is 5.56 Å². The first-order valence-corrected chi connectivity index (χ1v) is 6.81. The first kappa shape index (κ1) is 19.9. The van der Waals surface area contributed by atoms with Crippen molar-refractivity contribution in [1.29, 1.82) is 0 Å². The molecule has 2 N–H and O–H groups in total. The summed E-state index contributed by atoms with van der Waals surface area (Å²) in [4.78, 5) is 22.0. The summed E-state index contributed by atoms with van der Waals surface area (Å²) in [5.41, 5.74) is -1.46. The van der Waals surface area contributed by atoms with Crippen molar-refractivity contribution in [1.82, 2.24) is 10.6 Å². The standard InChI is InChI=1S/C14H14F3N3O3.ClH/c15-14(16,17)10-1-2-11(12(7-10)20(22)23)13(21)19-8-9-3-5-18-6-4-9;/h1-3,7,18H,4-6,8H2,(H,19,21);1H. The summed E-state index contributed by atoms with van der Waals surface area (Å²) in [6.07, 6.45) is -2.08. The topological polar surface area (TPSA) is 84.3 Å². The first-order chi connectivity index (χ1) is 10.8. The monoisotopic (exact) mass is 365 g/mol. The molecule has 24 heavy (non-hydrogen) atoms. The largest absolute Gasteiger partial charge is 0.416 e. The molecule has 0 saturated heterocycles. The second-order valence-corrected chi connectivity index (χ2v) is 4.99. The fourth-order valence-electron chi connectivity index (χ4n) is 2.17. The Labute approximate surface area is 141 Å². The summed E-state index contributed by atoms with van der Waals surface area (Å²) in [6, 6.07) is 1.86. The molecule has 0 atom stereocenters. The summed E-state index contributed by atoms with van der Waals surface area (Å²) in [6.45, 7) is 1.65. The minimum Gasteiger partial charge on any atom is -0.348 e. The Morgan fingerprint density at radius 1 is 1.38 bits per heavy atom. The number of amides is 1. The molecule has 0 aliphatic carbocycles. The number of alkyl halides is 3. The molecule has 0 bridgehead atoms. The van der Waals surface area contributed by atoms with Crippen molar-refractivity contribution < 1.29 is 22.9 Å². The van der Waals surface area contributed by atoms with Crippen LogP contribution >= 0.6 is 12.4 Å². The molecule has 2 rings (SSSR count). The summed E-state index contributed by atoms with van der Waals surface area (Å²) < 4.78 is 37.9. The van der Waals surface area contributed by atoms with Crippen molar-refractivity contribution in [3.63, 3.8) is 0 Å².